The number of nitrogens with zero attached hydrogens (tertiary/aromatic N) is 4. The van der Waals surface area contributed by atoms with E-state index in [-0.39, 0.29) is 29.3 Å². The number of rotatable bonds is 8. The Bertz CT molecular complexity index is 1020. The normalized spacial score (nSPS) is 20.3. The Kier molecular flexibility index (Phi) is 6.74. The third-order valence-corrected chi connectivity index (χ3v) is 6.63. The fraction of sp³-hybridized carbons (Fsp3) is 0.440. The smallest absolute Gasteiger partial charge is 0.294 e. The molecule has 2 atom stereocenters. The molecule has 0 unspecified atom stereocenters. The third kappa shape index (κ3) is 4.75. The van der Waals surface area contributed by atoms with Crippen molar-refractivity contribution in [2.75, 3.05) is 37.0 Å². The van der Waals surface area contributed by atoms with Crippen LogP contribution >= 0.6 is 0 Å². The van der Waals surface area contributed by atoms with E-state index in [0.29, 0.717) is 37.3 Å². The van der Waals surface area contributed by atoms with E-state index in [0.717, 1.165) is 24.9 Å². The summed E-state index contributed by atoms with van der Waals surface area (Å²) in [5.74, 6) is -1.03. The van der Waals surface area contributed by atoms with Crippen LogP contribution in [0.15, 0.2) is 48.5 Å². The van der Waals surface area contributed by atoms with Crippen molar-refractivity contribution in [2.45, 2.75) is 32.2 Å². The van der Waals surface area contributed by atoms with Crippen LogP contribution in [0.3, 0.4) is 0 Å². The second-order valence-electron chi connectivity index (χ2n) is 9.15. The molecule has 2 aliphatic rings. The van der Waals surface area contributed by atoms with Crippen molar-refractivity contribution in [1.82, 2.24) is 4.90 Å². The lowest BCUT2D eigenvalue weighted by molar-refractivity contribution is -0.384. The summed E-state index contributed by atoms with van der Waals surface area (Å²) in [7, 11) is 3.92. The second kappa shape index (κ2) is 9.70. The first-order chi connectivity index (χ1) is 15.9. The number of nitro benzene ring substituents is 1. The van der Waals surface area contributed by atoms with Gasteiger partial charge in [0.25, 0.3) is 5.69 Å². The molecule has 1 aliphatic carbocycles. The van der Waals surface area contributed by atoms with E-state index in [1.54, 1.807) is 12.1 Å². The molecule has 2 fully saturated rings. The average Bonchev–Trinajstić information content (AvgIpc) is 3.07. The molecule has 2 amide bonds. The van der Waals surface area contributed by atoms with Gasteiger partial charge in [-0.15, -0.1) is 0 Å². The van der Waals surface area contributed by atoms with E-state index in [1.807, 2.05) is 54.2 Å². The zero-order chi connectivity index (χ0) is 23.5. The standard InChI is InChI=1S/C25H30N4O4/c1-26(2)14-15-27(17-18-8-4-3-5-9-18)22-13-12-19(16-23(22)29(32)33)28-24(30)20-10-6-7-11-21(20)25(28)31/h3-5,8-9,12-13,16,20-21H,6-7,10-11,14-15,17H2,1-2H3/t20-,21-/m1/s1. The van der Waals surface area contributed by atoms with Gasteiger partial charge in [0.1, 0.15) is 5.69 Å². The molecule has 0 spiro atoms. The molecule has 33 heavy (non-hydrogen) atoms. The molecule has 4 rings (SSSR count). The van der Waals surface area contributed by atoms with Gasteiger partial charge in [0.15, 0.2) is 0 Å². The Morgan fingerprint density at radius 1 is 0.970 bits per heavy atom. The highest BCUT2D eigenvalue weighted by molar-refractivity contribution is 6.22. The first-order valence-electron chi connectivity index (χ1n) is 11.5. The van der Waals surface area contributed by atoms with Crippen LogP contribution in [0.25, 0.3) is 0 Å². The molecule has 1 heterocycles. The maximum absolute atomic E-state index is 13.0. The van der Waals surface area contributed by atoms with Crippen molar-refractivity contribution >= 4 is 28.9 Å². The van der Waals surface area contributed by atoms with E-state index in [1.165, 1.54) is 11.0 Å². The minimum absolute atomic E-state index is 0.0994. The van der Waals surface area contributed by atoms with Crippen LogP contribution in [0.5, 0.6) is 0 Å². The van der Waals surface area contributed by atoms with Crippen molar-refractivity contribution in [3.63, 3.8) is 0 Å². The summed E-state index contributed by atoms with van der Waals surface area (Å²) < 4.78 is 0. The topological polar surface area (TPSA) is 87.0 Å². The number of anilines is 2. The minimum Gasteiger partial charge on any atom is -0.360 e. The zero-order valence-corrected chi connectivity index (χ0v) is 19.1. The maximum atomic E-state index is 13.0. The lowest BCUT2D eigenvalue weighted by atomic mass is 9.81. The van der Waals surface area contributed by atoms with Crippen LogP contribution in [0.2, 0.25) is 0 Å². The molecule has 1 saturated carbocycles. The van der Waals surface area contributed by atoms with Gasteiger partial charge in [0, 0.05) is 25.7 Å². The van der Waals surface area contributed by atoms with Gasteiger partial charge < -0.3 is 9.80 Å². The highest BCUT2D eigenvalue weighted by atomic mass is 16.6. The minimum atomic E-state index is -0.426. The Balaban J connectivity index is 1.68. The predicted molar refractivity (Wildman–Crippen MR) is 127 cm³/mol. The van der Waals surface area contributed by atoms with E-state index < -0.39 is 4.92 Å². The van der Waals surface area contributed by atoms with Gasteiger partial charge in [-0.1, -0.05) is 43.2 Å². The molecule has 0 bridgehead atoms. The van der Waals surface area contributed by atoms with Gasteiger partial charge in [-0.2, -0.15) is 0 Å². The molecule has 2 aromatic carbocycles. The summed E-state index contributed by atoms with van der Waals surface area (Å²) in [6, 6.07) is 14.5. The van der Waals surface area contributed by atoms with Crippen LogP contribution in [-0.4, -0.2) is 48.8 Å². The fourth-order valence-electron chi connectivity index (χ4n) is 4.89. The summed E-state index contributed by atoms with van der Waals surface area (Å²) in [6.45, 7) is 1.83. The van der Waals surface area contributed by atoms with E-state index in [2.05, 4.69) is 0 Å². The Hall–Kier alpha value is -3.26. The molecule has 8 nitrogen and oxygen atoms in total. The van der Waals surface area contributed by atoms with Crippen molar-refractivity contribution in [3.8, 4) is 0 Å². The highest BCUT2D eigenvalue weighted by Crippen LogP contribution is 2.42. The van der Waals surface area contributed by atoms with Crippen LogP contribution in [0.4, 0.5) is 17.1 Å². The molecular formula is C25H30N4O4. The fourth-order valence-corrected chi connectivity index (χ4v) is 4.89. The number of fused-ring (bicyclic) bond motifs is 1. The summed E-state index contributed by atoms with van der Waals surface area (Å²) >= 11 is 0. The highest BCUT2D eigenvalue weighted by Gasteiger charge is 2.49. The summed E-state index contributed by atoms with van der Waals surface area (Å²) in [6.07, 6.45) is 3.30. The van der Waals surface area contributed by atoms with Gasteiger partial charge in [0.2, 0.25) is 11.8 Å². The molecule has 174 valence electrons. The zero-order valence-electron chi connectivity index (χ0n) is 19.1. The van der Waals surface area contributed by atoms with Gasteiger partial charge in [0.05, 0.1) is 22.4 Å². The van der Waals surface area contributed by atoms with Crippen molar-refractivity contribution < 1.29 is 14.5 Å². The quantitative estimate of drug-likeness (QED) is 0.345. The number of benzene rings is 2. The summed E-state index contributed by atoms with van der Waals surface area (Å²) in [5, 5.41) is 12.1. The van der Waals surface area contributed by atoms with Gasteiger partial charge in [-0.05, 0) is 44.6 Å². The second-order valence-corrected chi connectivity index (χ2v) is 9.15. The van der Waals surface area contributed by atoms with Crippen LogP contribution in [0, 0.1) is 22.0 Å². The maximum Gasteiger partial charge on any atom is 0.294 e. The van der Waals surface area contributed by atoms with Gasteiger partial charge in [-0.3, -0.25) is 19.7 Å². The van der Waals surface area contributed by atoms with E-state index in [4.69, 9.17) is 0 Å². The number of hydrogen-bond acceptors (Lipinski definition) is 6. The Morgan fingerprint density at radius 3 is 2.18 bits per heavy atom. The predicted octanol–water partition coefficient (Wildman–Crippen LogP) is 3.84. The molecule has 1 aliphatic heterocycles. The van der Waals surface area contributed by atoms with Gasteiger partial charge >= 0.3 is 0 Å². The van der Waals surface area contributed by atoms with E-state index in [9.17, 15) is 19.7 Å². The molecule has 0 radical (unpaired) electrons. The number of hydrogen-bond donors (Lipinski definition) is 0. The SMILES string of the molecule is CN(C)CCN(Cc1ccccc1)c1ccc(N2C(=O)[C@@H]3CCCC[C@H]3C2=O)cc1[N+](=O)[O-]. The van der Waals surface area contributed by atoms with Crippen LogP contribution in [-0.2, 0) is 16.1 Å². The first kappa shape index (κ1) is 22.9. The van der Waals surface area contributed by atoms with Crippen LogP contribution < -0.4 is 9.80 Å². The monoisotopic (exact) mass is 450 g/mol. The lowest BCUT2D eigenvalue weighted by Crippen LogP contribution is -2.33. The lowest BCUT2D eigenvalue weighted by Gasteiger charge is -2.27. The number of likely N-dealkylation sites (N-methyl/N-ethyl adjacent to an activating group) is 1. The van der Waals surface area contributed by atoms with Crippen LogP contribution in [0.1, 0.15) is 31.2 Å². The molecule has 1 saturated heterocycles. The summed E-state index contributed by atoms with van der Waals surface area (Å²) in [5.41, 5.74) is 1.72. The number of imide groups is 1. The van der Waals surface area contributed by atoms with Crippen molar-refractivity contribution in [2.24, 2.45) is 11.8 Å². The van der Waals surface area contributed by atoms with Crippen molar-refractivity contribution in [3.05, 3.63) is 64.2 Å². The third-order valence-electron chi connectivity index (χ3n) is 6.63. The number of nitro groups is 1. The number of amides is 2. The molecular weight excluding hydrogens is 420 g/mol. The van der Waals surface area contributed by atoms with Crippen molar-refractivity contribution in [1.29, 1.82) is 0 Å². The molecule has 0 N–H and O–H groups in total. The van der Waals surface area contributed by atoms with E-state index >= 15 is 0 Å². The van der Waals surface area contributed by atoms with Gasteiger partial charge in [-0.25, -0.2) is 4.90 Å². The summed E-state index contributed by atoms with van der Waals surface area (Å²) in [4.78, 5) is 42.8. The molecule has 8 heteroatoms. The first-order valence-corrected chi connectivity index (χ1v) is 11.5. The largest absolute Gasteiger partial charge is 0.360 e. The molecule has 0 aromatic heterocycles. The number of carbonyl (C=O) groups excluding carboxylic acids is 2. The molecule has 2 aromatic rings. The Morgan fingerprint density at radius 2 is 1.61 bits per heavy atom. The number of carbonyl (C=O) groups is 2. The average molecular weight is 451 g/mol. The Labute approximate surface area is 193 Å².